The molecule has 2 N–H and O–H groups in total. The standard InChI is InChI=1S/C21H29N5O/c1-2-3-7-18-13-26(24-23-18)14-19-12-16-10-11-25(19)15-20(16)21(27)22-17-8-5-4-6-9-17/h4-6,8-9,13,16,19-20H,2-3,7,10-12,14-15H2,1H3,(H,22,27)/p+1/t16-,19+,20-/m0/s1. The van der Waals surface area contributed by atoms with Crippen molar-refractivity contribution in [1.82, 2.24) is 15.0 Å². The Morgan fingerprint density at radius 1 is 1.33 bits per heavy atom. The van der Waals surface area contributed by atoms with Crippen LogP contribution in [-0.2, 0) is 17.8 Å². The second kappa shape index (κ2) is 8.21. The number of benzene rings is 1. The molecule has 0 saturated carbocycles. The molecule has 6 nitrogen and oxygen atoms in total. The summed E-state index contributed by atoms with van der Waals surface area (Å²) in [7, 11) is 0. The van der Waals surface area contributed by atoms with Crippen LogP contribution in [0, 0.1) is 11.8 Å². The molecule has 2 aromatic rings. The molecule has 4 atom stereocenters. The van der Waals surface area contributed by atoms with Gasteiger partial charge in [-0.1, -0.05) is 36.8 Å². The van der Waals surface area contributed by atoms with Gasteiger partial charge in [-0.25, -0.2) is 4.68 Å². The quantitative estimate of drug-likeness (QED) is 0.779. The molecule has 0 aliphatic carbocycles. The fourth-order valence-corrected chi connectivity index (χ4v) is 4.70. The maximum absolute atomic E-state index is 12.8. The summed E-state index contributed by atoms with van der Waals surface area (Å²) in [6.07, 6.45) is 7.73. The highest BCUT2D eigenvalue weighted by atomic mass is 16.2. The smallest absolute Gasteiger partial charge is 0.233 e. The highest BCUT2D eigenvalue weighted by molar-refractivity contribution is 5.92. The topological polar surface area (TPSA) is 64.2 Å². The first-order valence-corrected chi connectivity index (χ1v) is 10.3. The molecule has 2 bridgehead atoms. The molecule has 144 valence electrons. The molecule has 1 aromatic carbocycles. The van der Waals surface area contributed by atoms with Crippen LogP contribution in [0.15, 0.2) is 36.5 Å². The van der Waals surface area contributed by atoms with Gasteiger partial charge >= 0.3 is 0 Å². The minimum absolute atomic E-state index is 0.126. The Morgan fingerprint density at radius 3 is 2.93 bits per heavy atom. The van der Waals surface area contributed by atoms with Gasteiger partial charge in [0.1, 0.15) is 6.04 Å². The van der Waals surface area contributed by atoms with Crippen LogP contribution in [0.3, 0.4) is 0 Å². The average Bonchev–Trinajstić information content (AvgIpc) is 3.15. The Bertz CT molecular complexity index is 759. The molecular formula is C21H30N5O+. The van der Waals surface area contributed by atoms with E-state index < -0.39 is 0 Å². The molecule has 3 aliphatic heterocycles. The predicted molar refractivity (Wildman–Crippen MR) is 104 cm³/mol. The number of nitrogens with zero attached hydrogens (tertiary/aromatic N) is 3. The third-order valence-electron chi connectivity index (χ3n) is 6.21. The zero-order valence-electron chi connectivity index (χ0n) is 16.1. The minimum Gasteiger partial charge on any atom is -0.330 e. The highest BCUT2D eigenvalue weighted by Crippen LogP contribution is 2.28. The number of fused-ring (bicyclic) bond motifs is 3. The summed E-state index contributed by atoms with van der Waals surface area (Å²) in [5.41, 5.74) is 2.00. The van der Waals surface area contributed by atoms with E-state index in [1.54, 1.807) is 4.90 Å². The van der Waals surface area contributed by atoms with Crippen molar-refractivity contribution in [2.45, 2.75) is 51.6 Å². The van der Waals surface area contributed by atoms with Crippen molar-refractivity contribution in [2.75, 3.05) is 18.4 Å². The molecule has 1 amide bonds. The zero-order chi connectivity index (χ0) is 18.6. The Balaban J connectivity index is 1.34. The molecule has 3 fully saturated rings. The lowest BCUT2D eigenvalue weighted by molar-refractivity contribution is -0.945. The molecule has 5 rings (SSSR count). The van der Waals surface area contributed by atoms with E-state index in [2.05, 4.69) is 28.7 Å². The fourth-order valence-electron chi connectivity index (χ4n) is 4.70. The lowest BCUT2D eigenvalue weighted by Gasteiger charge is -2.46. The summed E-state index contributed by atoms with van der Waals surface area (Å²) in [5, 5.41) is 11.7. The van der Waals surface area contributed by atoms with E-state index in [4.69, 9.17) is 0 Å². The van der Waals surface area contributed by atoms with Gasteiger partial charge in [0.2, 0.25) is 5.91 Å². The maximum atomic E-state index is 12.8. The minimum atomic E-state index is 0.126. The van der Waals surface area contributed by atoms with Gasteiger partial charge in [-0.05, 0) is 30.9 Å². The van der Waals surface area contributed by atoms with Crippen LogP contribution in [0.25, 0.3) is 0 Å². The predicted octanol–water partition coefficient (Wildman–Crippen LogP) is 1.55. The lowest BCUT2D eigenvalue weighted by atomic mass is 9.75. The van der Waals surface area contributed by atoms with Crippen LogP contribution in [0.2, 0.25) is 0 Å². The van der Waals surface area contributed by atoms with E-state index >= 15 is 0 Å². The summed E-state index contributed by atoms with van der Waals surface area (Å²) in [6.45, 7) is 5.22. The molecule has 1 aromatic heterocycles. The number of anilines is 1. The Labute approximate surface area is 160 Å². The Morgan fingerprint density at radius 2 is 2.19 bits per heavy atom. The summed E-state index contributed by atoms with van der Waals surface area (Å²) in [4.78, 5) is 14.3. The monoisotopic (exact) mass is 368 g/mol. The van der Waals surface area contributed by atoms with Crippen LogP contribution in [0.4, 0.5) is 5.69 Å². The van der Waals surface area contributed by atoms with Crippen LogP contribution < -0.4 is 10.2 Å². The van der Waals surface area contributed by atoms with E-state index in [9.17, 15) is 4.79 Å². The number of rotatable bonds is 7. The largest absolute Gasteiger partial charge is 0.330 e. The van der Waals surface area contributed by atoms with Crippen LogP contribution >= 0.6 is 0 Å². The molecule has 0 spiro atoms. The number of aryl methyl sites for hydroxylation is 1. The first-order chi connectivity index (χ1) is 13.2. The number of carbonyl (C=O) groups excluding carboxylic acids is 1. The molecule has 27 heavy (non-hydrogen) atoms. The second-order valence-electron chi connectivity index (χ2n) is 8.09. The number of para-hydroxylation sites is 1. The summed E-state index contributed by atoms with van der Waals surface area (Å²) in [5.74, 6) is 0.796. The number of unbranched alkanes of at least 4 members (excludes halogenated alkanes) is 1. The maximum Gasteiger partial charge on any atom is 0.233 e. The van der Waals surface area contributed by atoms with Gasteiger partial charge in [0.15, 0.2) is 0 Å². The normalized spacial score (nSPS) is 26.9. The van der Waals surface area contributed by atoms with Gasteiger partial charge in [0, 0.05) is 24.7 Å². The molecular weight excluding hydrogens is 338 g/mol. The zero-order valence-corrected chi connectivity index (χ0v) is 16.1. The highest BCUT2D eigenvalue weighted by Gasteiger charge is 2.46. The number of amides is 1. The van der Waals surface area contributed by atoms with Gasteiger partial charge in [-0.3, -0.25) is 4.79 Å². The van der Waals surface area contributed by atoms with Gasteiger partial charge in [-0.2, -0.15) is 0 Å². The molecule has 3 aliphatic rings. The molecule has 4 heterocycles. The third kappa shape index (κ3) is 4.21. The SMILES string of the molecule is CCCCc1cn(C[C@H]2C[C@@H]3CC[NH+]2C[C@@H]3C(=O)Nc2ccccc2)nn1. The van der Waals surface area contributed by atoms with Crippen LogP contribution in [0.1, 0.15) is 38.3 Å². The van der Waals surface area contributed by atoms with Gasteiger partial charge in [0.25, 0.3) is 0 Å². The van der Waals surface area contributed by atoms with Crippen LogP contribution in [0.5, 0.6) is 0 Å². The van der Waals surface area contributed by atoms with Crippen molar-refractivity contribution < 1.29 is 9.69 Å². The summed E-state index contributed by atoms with van der Waals surface area (Å²) < 4.78 is 2.02. The van der Waals surface area contributed by atoms with Crippen molar-refractivity contribution in [2.24, 2.45) is 11.8 Å². The number of aromatic nitrogens is 3. The summed E-state index contributed by atoms with van der Waals surface area (Å²) in [6, 6.07) is 10.3. The number of nitrogens with one attached hydrogen (secondary N) is 2. The number of piperidine rings is 3. The number of quaternary nitrogens is 1. The van der Waals surface area contributed by atoms with Crippen molar-refractivity contribution in [1.29, 1.82) is 0 Å². The molecule has 0 radical (unpaired) electrons. The van der Waals surface area contributed by atoms with Crippen molar-refractivity contribution in [3.63, 3.8) is 0 Å². The second-order valence-corrected chi connectivity index (χ2v) is 8.09. The Hall–Kier alpha value is -2.21. The van der Waals surface area contributed by atoms with Gasteiger partial charge < -0.3 is 10.2 Å². The van der Waals surface area contributed by atoms with Crippen LogP contribution in [-0.4, -0.2) is 40.0 Å². The van der Waals surface area contributed by atoms with Crippen molar-refractivity contribution >= 4 is 11.6 Å². The van der Waals surface area contributed by atoms with Crippen molar-refractivity contribution in [3.05, 3.63) is 42.2 Å². The number of hydrogen-bond acceptors (Lipinski definition) is 3. The fraction of sp³-hybridized carbons (Fsp3) is 0.571. The summed E-state index contributed by atoms with van der Waals surface area (Å²) >= 11 is 0. The van der Waals surface area contributed by atoms with E-state index in [1.807, 2.05) is 35.0 Å². The number of hydrogen-bond donors (Lipinski definition) is 2. The van der Waals surface area contributed by atoms with Crippen molar-refractivity contribution in [3.8, 4) is 0 Å². The van der Waals surface area contributed by atoms with Gasteiger partial charge in [-0.15, -0.1) is 5.10 Å². The Kier molecular flexibility index (Phi) is 5.53. The van der Waals surface area contributed by atoms with Gasteiger partial charge in [0.05, 0.1) is 31.2 Å². The van der Waals surface area contributed by atoms with E-state index in [0.717, 1.165) is 43.7 Å². The molecule has 6 heteroatoms. The first-order valence-electron chi connectivity index (χ1n) is 10.3. The van der Waals surface area contributed by atoms with E-state index in [-0.39, 0.29) is 11.8 Å². The lowest BCUT2D eigenvalue weighted by Crippen LogP contribution is -3.20. The molecule has 1 unspecified atom stereocenters. The first kappa shape index (κ1) is 18.2. The third-order valence-corrected chi connectivity index (χ3v) is 6.21. The number of carbonyl (C=O) groups is 1. The average molecular weight is 369 g/mol. The van der Waals surface area contributed by atoms with E-state index in [1.165, 1.54) is 19.4 Å². The molecule has 3 saturated heterocycles. The van der Waals surface area contributed by atoms with E-state index in [0.29, 0.717) is 12.0 Å².